The first-order chi connectivity index (χ1) is 8.66. The average molecular weight is 250 g/mol. The molecule has 18 heavy (non-hydrogen) atoms. The van der Waals surface area contributed by atoms with Crippen molar-refractivity contribution in [1.82, 2.24) is 20.0 Å². The number of carbonyl (C=O) groups excluding carboxylic acids is 1. The van der Waals surface area contributed by atoms with Gasteiger partial charge in [0.1, 0.15) is 0 Å². The lowest BCUT2D eigenvalue weighted by Gasteiger charge is -2.30. The summed E-state index contributed by atoms with van der Waals surface area (Å²) in [5, 5.41) is 7.08. The zero-order valence-electron chi connectivity index (χ0n) is 11.2. The molecule has 0 radical (unpaired) electrons. The Labute approximate surface area is 108 Å². The maximum atomic E-state index is 11.9. The summed E-state index contributed by atoms with van der Waals surface area (Å²) in [4.78, 5) is 13.8. The fraction of sp³-hybridized carbons (Fsp3) is 0.692. The summed E-state index contributed by atoms with van der Waals surface area (Å²) in [5.41, 5.74) is 1.14. The Balaban J connectivity index is 1.70. The van der Waals surface area contributed by atoms with Crippen molar-refractivity contribution in [1.29, 1.82) is 0 Å². The Morgan fingerprint density at radius 2 is 2.22 bits per heavy atom. The van der Waals surface area contributed by atoms with E-state index in [0.717, 1.165) is 44.0 Å². The van der Waals surface area contributed by atoms with E-state index in [1.165, 1.54) is 0 Å². The van der Waals surface area contributed by atoms with Gasteiger partial charge in [-0.05, 0) is 24.8 Å². The molecule has 2 amide bonds. The van der Waals surface area contributed by atoms with E-state index in [-0.39, 0.29) is 6.03 Å². The van der Waals surface area contributed by atoms with Gasteiger partial charge in [0.05, 0.1) is 0 Å². The van der Waals surface area contributed by atoms with Gasteiger partial charge >= 0.3 is 6.03 Å². The summed E-state index contributed by atoms with van der Waals surface area (Å²) < 4.78 is 1.84. The second-order valence-corrected chi connectivity index (χ2v) is 5.10. The highest BCUT2D eigenvalue weighted by molar-refractivity contribution is 5.74. The first-order valence-electron chi connectivity index (χ1n) is 6.66. The molecule has 2 heterocycles. The molecule has 0 atom stereocenters. The highest BCUT2D eigenvalue weighted by Gasteiger charge is 2.19. The Hall–Kier alpha value is -1.52. The van der Waals surface area contributed by atoms with Gasteiger partial charge in [-0.1, -0.05) is 6.92 Å². The Kier molecular flexibility index (Phi) is 4.23. The van der Waals surface area contributed by atoms with Gasteiger partial charge in [0, 0.05) is 45.0 Å². The van der Waals surface area contributed by atoms with Crippen molar-refractivity contribution < 1.29 is 4.79 Å². The van der Waals surface area contributed by atoms with Crippen molar-refractivity contribution in [2.24, 2.45) is 13.0 Å². The smallest absolute Gasteiger partial charge is 0.317 e. The van der Waals surface area contributed by atoms with Crippen LogP contribution in [0.5, 0.6) is 0 Å². The van der Waals surface area contributed by atoms with Crippen LogP contribution in [0.1, 0.15) is 25.5 Å². The molecular formula is C13H22N4O. The van der Waals surface area contributed by atoms with E-state index in [2.05, 4.69) is 17.3 Å². The van der Waals surface area contributed by atoms with Crippen LogP contribution in [0.3, 0.4) is 0 Å². The highest BCUT2D eigenvalue weighted by Crippen LogP contribution is 2.15. The number of nitrogens with zero attached hydrogens (tertiary/aromatic N) is 3. The Morgan fingerprint density at radius 1 is 1.50 bits per heavy atom. The lowest BCUT2D eigenvalue weighted by atomic mass is 10.00. The Bertz CT molecular complexity index is 393. The maximum Gasteiger partial charge on any atom is 0.317 e. The van der Waals surface area contributed by atoms with Crippen LogP contribution in [-0.2, 0) is 13.5 Å². The molecular weight excluding hydrogens is 228 g/mol. The van der Waals surface area contributed by atoms with E-state index in [0.29, 0.717) is 6.54 Å². The molecule has 1 fully saturated rings. The number of carbonyl (C=O) groups is 1. The lowest BCUT2D eigenvalue weighted by molar-refractivity contribution is 0.174. The molecule has 0 saturated carbocycles. The normalized spacial score (nSPS) is 16.9. The second-order valence-electron chi connectivity index (χ2n) is 5.10. The number of likely N-dealkylation sites (tertiary alicyclic amines) is 1. The second kappa shape index (κ2) is 5.89. The van der Waals surface area contributed by atoms with E-state index in [4.69, 9.17) is 0 Å². The molecule has 0 aliphatic carbocycles. The minimum atomic E-state index is 0.0732. The van der Waals surface area contributed by atoms with Gasteiger partial charge in [0.25, 0.3) is 0 Å². The van der Waals surface area contributed by atoms with Crippen LogP contribution >= 0.6 is 0 Å². The number of nitrogens with one attached hydrogen (secondary N) is 1. The standard InChI is InChI=1S/C13H22N4O/c1-11-5-9-17(10-6-11)13(18)14-7-3-12-4-8-15-16(12)2/h4,8,11H,3,5-7,9-10H2,1-2H3,(H,14,18). The van der Waals surface area contributed by atoms with E-state index in [1.807, 2.05) is 22.7 Å². The molecule has 5 nitrogen and oxygen atoms in total. The minimum Gasteiger partial charge on any atom is -0.338 e. The summed E-state index contributed by atoms with van der Waals surface area (Å²) in [6, 6.07) is 2.05. The maximum absolute atomic E-state index is 11.9. The summed E-state index contributed by atoms with van der Waals surface area (Å²) in [6.07, 6.45) is 4.85. The van der Waals surface area contributed by atoms with Crippen molar-refractivity contribution in [3.05, 3.63) is 18.0 Å². The van der Waals surface area contributed by atoms with Crippen molar-refractivity contribution >= 4 is 6.03 Å². The molecule has 0 unspecified atom stereocenters. The third-order valence-electron chi connectivity index (χ3n) is 3.65. The number of hydrogen-bond donors (Lipinski definition) is 1. The van der Waals surface area contributed by atoms with Crippen LogP contribution in [0.15, 0.2) is 12.3 Å². The largest absolute Gasteiger partial charge is 0.338 e. The number of amides is 2. The zero-order valence-corrected chi connectivity index (χ0v) is 11.2. The topological polar surface area (TPSA) is 50.2 Å². The molecule has 2 rings (SSSR count). The van der Waals surface area contributed by atoms with Gasteiger partial charge < -0.3 is 10.2 Å². The number of urea groups is 1. The quantitative estimate of drug-likeness (QED) is 0.881. The molecule has 1 aromatic rings. The highest BCUT2D eigenvalue weighted by atomic mass is 16.2. The van der Waals surface area contributed by atoms with Gasteiger partial charge in [-0.2, -0.15) is 5.10 Å². The molecule has 0 aromatic carbocycles. The predicted octanol–water partition coefficient (Wildman–Crippen LogP) is 1.40. The van der Waals surface area contributed by atoms with Crippen LogP contribution in [0.4, 0.5) is 4.79 Å². The van der Waals surface area contributed by atoms with Crippen LogP contribution < -0.4 is 5.32 Å². The van der Waals surface area contributed by atoms with Gasteiger partial charge in [-0.3, -0.25) is 4.68 Å². The van der Waals surface area contributed by atoms with Crippen LogP contribution in [0.2, 0.25) is 0 Å². The molecule has 1 saturated heterocycles. The van der Waals surface area contributed by atoms with E-state index in [1.54, 1.807) is 6.20 Å². The summed E-state index contributed by atoms with van der Waals surface area (Å²) >= 11 is 0. The van der Waals surface area contributed by atoms with E-state index >= 15 is 0 Å². The third-order valence-corrected chi connectivity index (χ3v) is 3.65. The van der Waals surface area contributed by atoms with Crippen LogP contribution in [-0.4, -0.2) is 40.3 Å². The minimum absolute atomic E-state index is 0.0732. The van der Waals surface area contributed by atoms with E-state index in [9.17, 15) is 4.79 Å². The predicted molar refractivity (Wildman–Crippen MR) is 70.3 cm³/mol. The van der Waals surface area contributed by atoms with E-state index < -0.39 is 0 Å². The summed E-state index contributed by atoms with van der Waals surface area (Å²) in [7, 11) is 1.92. The third kappa shape index (κ3) is 3.24. The fourth-order valence-corrected chi connectivity index (χ4v) is 2.27. The van der Waals surface area contributed by atoms with Gasteiger partial charge in [-0.25, -0.2) is 4.79 Å². The number of piperidine rings is 1. The SMILES string of the molecule is CC1CCN(C(=O)NCCc2ccnn2C)CC1. The first kappa shape index (κ1) is 12.9. The average Bonchev–Trinajstić information content (AvgIpc) is 2.76. The molecule has 5 heteroatoms. The first-order valence-corrected chi connectivity index (χ1v) is 6.66. The van der Waals surface area contributed by atoms with Gasteiger partial charge in [0.15, 0.2) is 0 Å². The van der Waals surface area contributed by atoms with Crippen molar-refractivity contribution in [2.75, 3.05) is 19.6 Å². The Morgan fingerprint density at radius 3 is 2.83 bits per heavy atom. The van der Waals surface area contributed by atoms with Crippen molar-refractivity contribution in [2.45, 2.75) is 26.2 Å². The summed E-state index contributed by atoms with van der Waals surface area (Å²) in [5.74, 6) is 0.753. The van der Waals surface area contributed by atoms with Crippen LogP contribution in [0.25, 0.3) is 0 Å². The van der Waals surface area contributed by atoms with Gasteiger partial charge in [0.2, 0.25) is 0 Å². The van der Waals surface area contributed by atoms with Crippen molar-refractivity contribution in [3.8, 4) is 0 Å². The molecule has 1 aromatic heterocycles. The molecule has 0 spiro atoms. The summed E-state index contributed by atoms with van der Waals surface area (Å²) in [6.45, 7) is 4.69. The molecule has 1 N–H and O–H groups in total. The monoisotopic (exact) mass is 250 g/mol. The van der Waals surface area contributed by atoms with Gasteiger partial charge in [-0.15, -0.1) is 0 Å². The van der Waals surface area contributed by atoms with Crippen molar-refractivity contribution in [3.63, 3.8) is 0 Å². The molecule has 1 aliphatic heterocycles. The molecule has 100 valence electrons. The number of hydrogen-bond acceptors (Lipinski definition) is 2. The molecule has 0 bridgehead atoms. The lowest BCUT2D eigenvalue weighted by Crippen LogP contribution is -2.44. The number of aryl methyl sites for hydroxylation is 1. The number of rotatable bonds is 3. The number of aromatic nitrogens is 2. The van der Waals surface area contributed by atoms with Crippen LogP contribution in [0, 0.1) is 5.92 Å². The fourth-order valence-electron chi connectivity index (χ4n) is 2.27. The zero-order chi connectivity index (χ0) is 13.0. The molecule has 1 aliphatic rings.